The molecule has 0 spiro atoms. The first-order valence-electron chi connectivity index (χ1n) is 6.81. The van der Waals surface area contributed by atoms with Gasteiger partial charge in [-0.25, -0.2) is 4.98 Å². The molecule has 3 aromatic rings. The minimum Gasteiger partial charge on any atom is -0.321 e. The van der Waals surface area contributed by atoms with Gasteiger partial charge >= 0.3 is 0 Å². The van der Waals surface area contributed by atoms with Gasteiger partial charge in [0.15, 0.2) is 0 Å². The van der Waals surface area contributed by atoms with Crippen LogP contribution in [0.25, 0.3) is 11.1 Å². The van der Waals surface area contributed by atoms with E-state index in [0.717, 1.165) is 16.8 Å². The maximum absolute atomic E-state index is 12.4. The average Bonchev–Trinajstić information content (AvgIpc) is 2.56. The molecule has 0 radical (unpaired) electrons. The zero-order valence-electron chi connectivity index (χ0n) is 11.7. The van der Waals surface area contributed by atoms with Crippen LogP contribution in [0.15, 0.2) is 72.9 Å². The number of aromatic nitrogens is 1. The highest BCUT2D eigenvalue weighted by atomic mass is 35.5. The number of halogens is 1. The van der Waals surface area contributed by atoms with E-state index in [-0.39, 0.29) is 5.91 Å². The molecule has 3 nitrogen and oxygen atoms in total. The SMILES string of the molecule is O=C(Nc1ccccc1-c1ccccc1)c1ccnc(Cl)c1. The van der Waals surface area contributed by atoms with Gasteiger partial charge in [0.25, 0.3) is 5.91 Å². The molecule has 0 bridgehead atoms. The van der Waals surface area contributed by atoms with Crippen molar-refractivity contribution in [3.63, 3.8) is 0 Å². The molecule has 0 aliphatic carbocycles. The molecular formula is C18H13ClN2O. The van der Waals surface area contributed by atoms with Crippen LogP contribution in [-0.4, -0.2) is 10.9 Å². The number of nitrogens with zero attached hydrogens (tertiary/aromatic N) is 1. The van der Waals surface area contributed by atoms with Crippen molar-refractivity contribution in [3.8, 4) is 11.1 Å². The van der Waals surface area contributed by atoms with Crippen molar-refractivity contribution < 1.29 is 4.79 Å². The van der Waals surface area contributed by atoms with Crippen molar-refractivity contribution in [3.05, 3.63) is 83.6 Å². The number of carbonyl (C=O) groups is 1. The molecule has 0 saturated heterocycles. The number of amides is 1. The maximum Gasteiger partial charge on any atom is 0.255 e. The molecule has 3 rings (SSSR count). The molecule has 22 heavy (non-hydrogen) atoms. The fraction of sp³-hybridized carbons (Fsp3) is 0. The van der Waals surface area contributed by atoms with Crippen LogP contribution in [-0.2, 0) is 0 Å². The van der Waals surface area contributed by atoms with Gasteiger partial charge in [-0.05, 0) is 23.8 Å². The topological polar surface area (TPSA) is 42.0 Å². The van der Waals surface area contributed by atoms with Gasteiger partial charge in [-0.15, -0.1) is 0 Å². The first kappa shape index (κ1) is 14.3. The lowest BCUT2D eigenvalue weighted by Crippen LogP contribution is -2.12. The average molecular weight is 309 g/mol. The van der Waals surface area contributed by atoms with E-state index >= 15 is 0 Å². The molecule has 0 fully saturated rings. The zero-order chi connectivity index (χ0) is 15.4. The number of nitrogens with one attached hydrogen (secondary N) is 1. The predicted molar refractivity (Wildman–Crippen MR) is 89.1 cm³/mol. The molecular weight excluding hydrogens is 296 g/mol. The lowest BCUT2D eigenvalue weighted by molar-refractivity contribution is 0.102. The monoisotopic (exact) mass is 308 g/mol. The highest BCUT2D eigenvalue weighted by molar-refractivity contribution is 6.29. The van der Waals surface area contributed by atoms with Gasteiger partial charge in [-0.3, -0.25) is 4.79 Å². The van der Waals surface area contributed by atoms with Crippen LogP contribution in [0, 0.1) is 0 Å². The van der Waals surface area contributed by atoms with Crippen molar-refractivity contribution in [1.29, 1.82) is 0 Å². The molecule has 1 aromatic heterocycles. The lowest BCUT2D eigenvalue weighted by atomic mass is 10.0. The summed E-state index contributed by atoms with van der Waals surface area (Å²) in [6, 6.07) is 20.8. The van der Waals surface area contributed by atoms with Gasteiger partial charge in [-0.2, -0.15) is 0 Å². The summed E-state index contributed by atoms with van der Waals surface area (Å²) < 4.78 is 0. The minimum atomic E-state index is -0.215. The molecule has 1 amide bonds. The van der Waals surface area contributed by atoms with Gasteiger partial charge < -0.3 is 5.32 Å². The molecule has 2 aromatic carbocycles. The number of anilines is 1. The van der Waals surface area contributed by atoms with Crippen LogP contribution in [0.5, 0.6) is 0 Å². The van der Waals surface area contributed by atoms with Gasteiger partial charge in [-0.1, -0.05) is 60.1 Å². The summed E-state index contributed by atoms with van der Waals surface area (Å²) in [5, 5.41) is 3.22. The lowest BCUT2D eigenvalue weighted by Gasteiger charge is -2.11. The second kappa shape index (κ2) is 6.41. The van der Waals surface area contributed by atoms with Crippen molar-refractivity contribution in [2.75, 3.05) is 5.32 Å². The normalized spacial score (nSPS) is 10.2. The van der Waals surface area contributed by atoms with E-state index in [4.69, 9.17) is 11.6 Å². The van der Waals surface area contributed by atoms with E-state index < -0.39 is 0 Å². The van der Waals surface area contributed by atoms with Crippen molar-refractivity contribution in [2.45, 2.75) is 0 Å². The largest absolute Gasteiger partial charge is 0.321 e. The second-order valence-electron chi connectivity index (χ2n) is 4.73. The third-order valence-corrected chi connectivity index (χ3v) is 3.46. The van der Waals surface area contributed by atoms with Crippen LogP contribution < -0.4 is 5.32 Å². The zero-order valence-corrected chi connectivity index (χ0v) is 12.4. The number of hydrogen-bond acceptors (Lipinski definition) is 2. The third kappa shape index (κ3) is 3.15. The van der Waals surface area contributed by atoms with Gasteiger partial charge in [0.2, 0.25) is 0 Å². The second-order valence-corrected chi connectivity index (χ2v) is 5.12. The van der Waals surface area contributed by atoms with E-state index in [1.54, 1.807) is 12.1 Å². The number of hydrogen-bond donors (Lipinski definition) is 1. The van der Waals surface area contributed by atoms with Crippen LogP contribution in [0.1, 0.15) is 10.4 Å². The smallest absolute Gasteiger partial charge is 0.255 e. The maximum atomic E-state index is 12.4. The first-order valence-corrected chi connectivity index (χ1v) is 7.19. The summed E-state index contributed by atoms with van der Waals surface area (Å²) in [6.07, 6.45) is 1.51. The van der Waals surface area contributed by atoms with E-state index in [1.165, 1.54) is 6.20 Å². The quantitative estimate of drug-likeness (QED) is 0.715. The molecule has 108 valence electrons. The Morgan fingerprint density at radius 1 is 0.955 bits per heavy atom. The molecule has 0 aliphatic rings. The molecule has 0 unspecified atom stereocenters. The number of rotatable bonds is 3. The molecule has 0 aliphatic heterocycles. The molecule has 1 heterocycles. The third-order valence-electron chi connectivity index (χ3n) is 3.25. The summed E-state index contributed by atoms with van der Waals surface area (Å²) in [7, 11) is 0. The summed E-state index contributed by atoms with van der Waals surface area (Å²) in [4.78, 5) is 16.2. The van der Waals surface area contributed by atoms with E-state index in [0.29, 0.717) is 10.7 Å². The highest BCUT2D eigenvalue weighted by Gasteiger charge is 2.10. The van der Waals surface area contributed by atoms with Gasteiger partial charge in [0.05, 0.1) is 0 Å². The number of carbonyl (C=O) groups excluding carboxylic acids is 1. The van der Waals surface area contributed by atoms with E-state index in [9.17, 15) is 4.79 Å². The Labute approximate surface area is 133 Å². The Morgan fingerprint density at radius 2 is 1.68 bits per heavy atom. The first-order chi connectivity index (χ1) is 10.7. The fourth-order valence-electron chi connectivity index (χ4n) is 2.20. The Balaban J connectivity index is 1.92. The van der Waals surface area contributed by atoms with Crippen LogP contribution in [0.3, 0.4) is 0 Å². The van der Waals surface area contributed by atoms with E-state index in [1.807, 2.05) is 54.6 Å². The van der Waals surface area contributed by atoms with Crippen LogP contribution in [0.2, 0.25) is 5.15 Å². The minimum absolute atomic E-state index is 0.215. The molecule has 0 atom stereocenters. The predicted octanol–water partition coefficient (Wildman–Crippen LogP) is 4.65. The number of benzene rings is 2. The van der Waals surface area contributed by atoms with Crippen LogP contribution in [0.4, 0.5) is 5.69 Å². The molecule has 4 heteroatoms. The van der Waals surface area contributed by atoms with Crippen molar-refractivity contribution >= 4 is 23.2 Å². The van der Waals surface area contributed by atoms with E-state index in [2.05, 4.69) is 10.3 Å². The standard InChI is InChI=1S/C18H13ClN2O/c19-17-12-14(10-11-20-17)18(22)21-16-9-5-4-8-15(16)13-6-2-1-3-7-13/h1-12H,(H,21,22). The highest BCUT2D eigenvalue weighted by Crippen LogP contribution is 2.27. The fourth-order valence-corrected chi connectivity index (χ4v) is 2.37. The summed E-state index contributed by atoms with van der Waals surface area (Å²) in [5.74, 6) is -0.215. The number of pyridine rings is 1. The van der Waals surface area contributed by atoms with Crippen molar-refractivity contribution in [2.24, 2.45) is 0 Å². The number of para-hydroxylation sites is 1. The van der Waals surface area contributed by atoms with Crippen LogP contribution >= 0.6 is 11.6 Å². The summed E-state index contributed by atoms with van der Waals surface area (Å²) in [5.41, 5.74) is 3.25. The Bertz CT molecular complexity index is 803. The summed E-state index contributed by atoms with van der Waals surface area (Å²) >= 11 is 5.83. The molecule has 1 N–H and O–H groups in total. The molecule has 0 saturated carbocycles. The van der Waals surface area contributed by atoms with Gasteiger partial charge in [0, 0.05) is 23.0 Å². The Hall–Kier alpha value is -2.65. The Morgan fingerprint density at radius 3 is 2.45 bits per heavy atom. The Kier molecular flexibility index (Phi) is 4.17. The van der Waals surface area contributed by atoms with Crippen molar-refractivity contribution in [1.82, 2.24) is 4.98 Å². The summed E-state index contributed by atoms with van der Waals surface area (Å²) in [6.45, 7) is 0. The van der Waals surface area contributed by atoms with Gasteiger partial charge in [0.1, 0.15) is 5.15 Å².